The summed E-state index contributed by atoms with van der Waals surface area (Å²) in [6.07, 6.45) is 4.43. The molecule has 1 aromatic carbocycles. The number of thiocarbonyl (C=S) groups is 1. The first-order chi connectivity index (χ1) is 13.6. The molecule has 0 aliphatic rings. The van der Waals surface area contributed by atoms with Crippen molar-refractivity contribution >= 4 is 39.6 Å². The molecule has 2 rings (SSSR count). The summed E-state index contributed by atoms with van der Waals surface area (Å²) in [6.45, 7) is 8.37. The molecule has 0 saturated heterocycles. The molecule has 0 spiro atoms. The Kier molecular flexibility index (Phi) is 9.44. The van der Waals surface area contributed by atoms with Crippen molar-refractivity contribution in [2.24, 2.45) is 0 Å². The van der Waals surface area contributed by atoms with Gasteiger partial charge in [0, 0.05) is 18.0 Å². The normalized spacial score (nSPS) is 10.5. The number of carbonyl (C=O) groups is 1. The van der Waals surface area contributed by atoms with Gasteiger partial charge in [-0.1, -0.05) is 57.0 Å². The van der Waals surface area contributed by atoms with Gasteiger partial charge in [0.15, 0.2) is 5.11 Å². The summed E-state index contributed by atoms with van der Waals surface area (Å²) in [6, 6.07) is 11.9. The lowest BCUT2D eigenvalue weighted by Crippen LogP contribution is -2.36. The largest absolute Gasteiger partial charge is 0.462 e. The third-order valence-corrected chi connectivity index (χ3v) is 5.82. The summed E-state index contributed by atoms with van der Waals surface area (Å²) in [5.74, 6) is -0.320. The summed E-state index contributed by atoms with van der Waals surface area (Å²) in [5.41, 5.74) is 1.62. The zero-order valence-corrected chi connectivity index (χ0v) is 18.6. The zero-order valence-electron chi connectivity index (χ0n) is 17.0. The fourth-order valence-corrected chi connectivity index (χ4v) is 4.18. The van der Waals surface area contributed by atoms with Crippen LogP contribution in [0.25, 0.3) is 10.4 Å². The molecule has 28 heavy (non-hydrogen) atoms. The van der Waals surface area contributed by atoms with E-state index >= 15 is 0 Å². The standard InChI is InChI=1S/C22H30N2O2S2/c1-4-7-14-24(15-8-5-2)22(27)23-20-18(21(25)26-6-3)16-19(28-20)17-12-10-9-11-13-17/h9-13,16H,4-8,14-15H2,1-3H3,(H,23,27). The van der Waals surface area contributed by atoms with Crippen molar-refractivity contribution in [3.8, 4) is 10.4 Å². The minimum atomic E-state index is -0.320. The number of hydrogen-bond acceptors (Lipinski definition) is 4. The number of thiophene rings is 1. The quantitative estimate of drug-likeness (QED) is 0.368. The van der Waals surface area contributed by atoms with Crippen LogP contribution in [0.15, 0.2) is 36.4 Å². The Balaban J connectivity index is 2.27. The number of unbranched alkanes of at least 4 members (excludes halogenated alkanes) is 2. The highest BCUT2D eigenvalue weighted by Crippen LogP contribution is 2.36. The number of hydrogen-bond donors (Lipinski definition) is 1. The van der Waals surface area contributed by atoms with Crippen LogP contribution in [0, 0.1) is 0 Å². The number of benzene rings is 1. The second-order valence-corrected chi connectivity index (χ2v) is 8.00. The second-order valence-electron chi connectivity index (χ2n) is 6.56. The smallest absolute Gasteiger partial charge is 0.341 e. The Labute approximate surface area is 177 Å². The zero-order chi connectivity index (χ0) is 20.4. The third kappa shape index (κ3) is 6.31. The molecule has 6 heteroatoms. The van der Waals surface area contributed by atoms with Gasteiger partial charge in [-0.05, 0) is 43.6 Å². The van der Waals surface area contributed by atoms with E-state index < -0.39 is 0 Å². The maximum absolute atomic E-state index is 12.5. The van der Waals surface area contributed by atoms with Crippen molar-refractivity contribution in [2.75, 3.05) is 25.0 Å². The first-order valence-electron chi connectivity index (χ1n) is 10.0. The van der Waals surface area contributed by atoms with E-state index in [4.69, 9.17) is 17.0 Å². The second kappa shape index (κ2) is 11.8. The fourth-order valence-electron chi connectivity index (χ4n) is 2.78. The molecule has 0 aliphatic heterocycles. The average Bonchev–Trinajstić information content (AvgIpc) is 3.13. The monoisotopic (exact) mass is 418 g/mol. The molecular weight excluding hydrogens is 388 g/mol. The molecule has 0 aliphatic carbocycles. The molecule has 152 valence electrons. The first-order valence-corrected chi connectivity index (χ1v) is 11.2. The van der Waals surface area contributed by atoms with Crippen LogP contribution in [-0.2, 0) is 4.74 Å². The van der Waals surface area contributed by atoms with E-state index in [0.717, 1.165) is 54.2 Å². The van der Waals surface area contributed by atoms with E-state index in [9.17, 15) is 4.79 Å². The fraction of sp³-hybridized carbons (Fsp3) is 0.455. The average molecular weight is 419 g/mol. The minimum Gasteiger partial charge on any atom is -0.462 e. The number of esters is 1. The molecule has 0 bridgehead atoms. The molecule has 0 unspecified atom stereocenters. The van der Waals surface area contributed by atoms with Crippen LogP contribution < -0.4 is 5.32 Å². The first kappa shape index (κ1) is 22.4. The van der Waals surface area contributed by atoms with Gasteiger partial charge in [-0.15, -0.1) is 11.3 Å². The third-order valence-electron chi connectivity index (χ3n) is 4.36. The molecule has 1 N–H and O–H groups in total. The van der Waals surface area contributed by atoms with Gasteiger partial charge in [-0.25, -0.2) is 4.79 Å². The van der Waals surface area contributed by atoms with Gasteiger partial charge < -0.3 is 15.0 Å². The van der Waals surface area contributed by atoms with E-state index in [0.29, 0.717) is 17.3 Å². The Morgan fingerprint density at radius 1 is 1.11 bits per heavy atom. The molecule has 0 amide bonds. The van der Waals surface area contributed by atoms with E-state index in [1.165, 1.54) is 11.3 Å². The number of carbonyl (C=O) groups excluding carboxylic acids is 1. The predicted molar refractivity (Wildman–Crippen MR) is 123 cm³/mol. The lowest BCUT2D eigenvalue weighted by Gasteiger charge is -2.25. The summed E-state index contributed by atoms with van der Waals surface area (Å²) in [7, 11) is 0. The van der Waals surface area contributed by atoms with Crippen LogP contribution in [0.2, 0.25) is 0 Å². The Morgan fingerprint density at radius 2 is 1.75 bits per heavy atom. The van der Waals surface area contributed by atoms with Gasteiger partial charge in [0.25, 0.3) is 0 Å². The lowest BCUT2D eigenvalue weighted by molar-refractivity contribution is 0.0528. The molecule has 0 radical (unpaired) electrons. The van der Waals surface area contributed by atoms with Crippen molar-refractivity contribution < 1.29 is 9.53 Å². The van der Waals surface area contributed by atoms with Crippen LogP contribution in [0.4, 0.5) is 5.00 Å². The molecule has 0 saturated carbocycles. The minimum absolute atomic E-state index is 0.320. The van der Waals surface area contributed by atoms with Gasteiger partial charge in [0.1, 0.15) is 5.00 Å². The van der Waals surface area contributed by atoms with E-state index in [1.54, 1.807) is 0 Å². The van der Waals surface area contributed by atoms with Crippen molar-refractivity contribution in [1.82, 2.24) is 4.90 Å². The van der Waals surface area contributed by atoms with Gasteiger partial charge in [0.05, 0.1) is 12.2 Å². The van der Waals surface area contributed by atoms with Gasteiger partial charge in [-0.3, -0.25) is 0 Å². The predicted octanol–water partition coefficient (Wildman–Crippen LogP) is 6.19. The molecular formula is C22H30N2O2S2. The number of anilines is 1. The van der Waals surface area contributed by atoms with E-state index in [-0.39, 0.29) is 5.97 Å². The van der Waals surface area contributed by atoms with E-state index in [1.807, 2.05) is 43.3 Å². The van der Waals surface area contributed by atoms with Crippen molar-refractivity contribution in [1.29, 1.82) is 0 Å². The molecule has 1 aromatic heterocycles. The molecule has 4 nitrogen and oxygen atoms in total. The van der Waals surface area contributed by atoms with Crippen LogP contribution in [-0.4, -0.2) is 35.7 Å². The highest BCUT2D eigenvalue weighted by atomic mass is 32.1. The summed E-state index contributed by atoms with van der Waals surface area (Å²) in [5, 5.41) is 4.76. The Morgan fingerprint density at radius 3 is 2.32 bits per heavy atom. The van der Waals surface area contributed by atoms with Crippen molar-refractivity contribution in [2.45, 2.75) is 46.5 Å². The maximum Gasteiger partial charge on any atom is 0.341 e. The Hall–Kier alpha value is -1.92. The van der Waals surface area contributed by atoms with Crippen LogP contribution in [0.5, 0.6) is 0 Å². The van der Waals surface area contributed by atoms with Crippen molar-refractivity contribution in [3.63, 3.8) is 0 Å². The van der Waals surface area contributed by atoms with Gasteiger partial charge in [0.2, 0.25) is 0 Å². The lowest BCUT2D eigenvalue weighted by atomic mass is 10.1. The number of rotatable bonds is 10. The number of ether oxygens (including phenoxy) is 1. The maximum atomic E-state index is 12.5. The molecule has 0 atom stereocenters. The summed E-state index contributed by atoms with van der Waals surface area (Å²) >= 11 is 7.22. The highest BCUT2D eigenvalue weighted by Gasteiger charge is 2.20. The molecule has 1 heterocycles. The number of nitrogens with one attached hydrogen (secondary N) is 1. The van der Waals surface area contributed by atoms with Gasteiger partial charge >= 0.3 is 5.97 Å². The van der Waals surface area contributed by atoms with Crippen LogP contribution in [0.1, 0.15) is 56.8 Å². The van der Waals surface area contributed by atoms with Gasteiger partial charge in [-0.2, -0.15) is 0 Å². The van der Waals surface area contributed by atoms with Crippen LogP contribution >= 0.6 is 23.6 Å². The Bertz CT molecular complexity index is 751. The summed E-state index contributed by atoms with van der Waals surface area (Å²) < 4.78 is 5.26. The van der Waals surface area contributed by atoms with Crippen molar-refractivity contribution in [3.05, 3.63) is 42.0 Å². The molecule has 2 aromatic rings. The topological polar surface area (TPSA) is 41.6 Å². The van der Waals surface area contributed by atoms with E-state index in [2.05, 4.69) is 24.1 Å². The summed E-state index contributed by atoms with van der Waals surface area (Å²) in [4.78, 5) is 15.7. The highest BCUT2D eigenvalue weighted by molar-refractivity contribution is 7.80. The number of nitrogens with zero attached hydrogens (tertiary/aromatic N) is 1. The SMILES string of the molecule is CCCCN(CCCC)C(=S)Nc1sc(-c2ccccc2)cc1C(=O)OCC. The molecule has 0 fully saturated rings. The van der Waals surface area contributed by atoms with Crippen LogP contribution in [0.3, 0.4) is 0 Å².